The molecule has 2 aromatic rings. The molecule has 0 aliphatic carbocycles. The summed E-state index contributed by atoms with van der Waals surface area (Å²) in [5.41, 5.74) is 5.31. The van der Waals surface area contributed by atoms with Crippen LogP contribution in [0.5, 0.6) is 0 Å². The number of carbonyl (C=O) groups excluding carboxylic acids is 1. The molecule has 0 bridgehead atoms. The van der Waals surface area contributed by atoms with E-state index < -0.39 is 0 Å². The zero-order valence-electron chi connectivity index (χ0n) is 21.6. The third-order valence-electron chi connectivity index (χ3n) is 4.63. The van der Waals surface area contributed by atoms with Crippen molar-refractivity contribution in [2.24, 2.45) is 0 Å². The van der Waals surface area contributed by atoms with Crippen LogP contribution >= 0.6 is 0 Å². The van der Waals surface area contributed by atoms with Crippen LogP contribution in [0.1, 0.15) is 65.5 Å². The molecule has 33 heavy (non-hydrogen) atoms. The lowest BCUT2D eigenvalue weighted by molar-refractivity contribution is -0.123. The summed E-state index contributed by atoms with van der Waals surface area (Å²) in [7, 11) is 0. The summed E-state index contributed by atoms with van der Waals surface area (Å²) in [6.45, 7) is 13.4. The Morgan fingerprint density at radius 1 is 0.818 bits per heavy atom. The molecule has 0 aliphatic heterocycles. The quantitative estimate of drug-likeness (QED) is 0.151. The second kappa shape index (κ2) is 21.4. The number of benzene rings is 2. The van der Waals surface area contributed by atoms with Gasteiger partial charge in [0.2, 0.25) is 0 Å². The van der Waals surface area contributed by atoms with Gasteiger partial charge in [0.1, 0.15) is 6.29 Å². The van der Waals surface area contributed by atoms with Crippen molar-refractivity contribution < 1.29 is 14.3 Å². The zero-order chi connectivity index (χ0) is 24.7. The second-order valence-electron chi connectivity index (χ2n) is 7.92. The smallest absolute Gasteiger partial charge is 0.154 e. The Bertz CT molecular complexity index is 714. The molecular weight excluding hydrogens is 408 g/mol. The highest BCUT2D eigenvalue weighted by atomic mass is 16.7. The highest BCUT2D eigenvalue weighted by Crippen LogP contribution is 2.06. The maximum atomic E-state index is 10.0. The van der Waals surface area contributed by atoms with Gasteiger partial charge in [0, 0.05) is 13.2 Å². The monoisotopic (exact) mass is 452 g/mol. The normalized spacial score (nSPS) is 10.5. The van der Waals surface area contributed by atoms with Crippen molar-refractivity contribution >= 4 is 6.29 Å². The van der Waals surface area contributed by atoms with Gasteiger partial charge in [0.25, 0.3) is 0 Å². The molecule has 0 aliphatic rings. The van der Waals surface area contributed by atoms with Crippen LogP contribution < -0.4 is 0 Å². The van der Waals surface area contributed by atoms with Crippen LogP contribution in [0.3, 0.4) is 0 Å². The SMILES string of the molecule is CC(C)=CCC/C(C)=C\C=O.CCOC(C)OCC.c1ccc(CCc2ccccc2)cc1. The van der Waals surface area contributed by atoms with Crippen molar-refractivity contribution in [3.05, 3.63) is 95.1 Å². The fourth-order valence-electron chi connectivity index (χ4n) is 2.88. The fraction of sp³-hybridized carbons (Fsp3) is 0.433. The standard InChI is InChI=1S/C14H14.C10H16O.C6H14O2/c1-3-7-13(8-4-1)11-12-14-9-5-2-6-10-14;1-9(2)5-4-6-10(3)7-8-11;1-4-7-6(3)8-5-2/h1-10H,11-12H2;5,7-8H,4,6H2,1-3H3;6H,4-5H2,1-3H3/b;10-7-;. The second-order valence-corrected chi connectivity index (χ2v) is 7.92. The summed E-state index contributed by atoms with van der Waals surface area (Å²) in [4.78, 5) is 10.0. The number of allylic oxidation sites excluding steroid dienone is 4. The molecule has 0 amide bonds. The van der Waals surface area contributed by atoms with Crippen molar-refractivity contribution in [2.75, 3.05) is 13.2 Å². The third kappa shape index (κ3) is 19.9. The molecule has 0 atom stereocenters. The lowest BCUT2D eigenvalue weighted by Gasteiger charge is -2.09. The number of aldehydes is 1. The van der Waals surface area contributed by atoms with E-state index in [1.807, 2.05) is 27.7 Å². The van der Waals surface area contributed by atoms with Crippen LogP contribution in [0, 0.1) is 0 Å². The topological polar surface area (TPSA) is 35.5 Å². The lowest BCUT2D eigenvalue weighted by Crippen LogP contribution is -2.11. The van der Waals surface area contributed by atoms with Gasteiger partial charge in [-0.1, -0.05) is 77.9 Å². The van der Waals surface area contributed by atoms with E-state index in [0.717, 1.165) is 50.8 Å². The first kappa shape index (κ1) is 30.5. The molecule has 0 aromatic heterocycles. The van der Waals surface area contributed by atoms with E-state index in [2.05, 4.69) is 80.6 Å². The van der Waals surface area contributed by atoms with Crippen LogP contribution in [-0.4, -0.2) is 25.8 Å². The number of hydrogen-bond donors (Lipinski definition) is 0. The van der Waals surface area contributed by atoms with Crippen molar-refractivity contribution in [3.8, 4) is 0 Å². The first-order chi connectivity index (χ1) is 15.9. The highest BCUT2D eigenvalue weighted by Gasteiger charge is 1.95. The summed E-state index contributed by atoms with van der Waals surface area (Å²) >= 11 is 0. The molecule has 3 heteroatoms. The van der Waals surface area contributed by atoms with Gasteiger partial charge in [-0.3, -0.25) is 4.79 Å². The Labute approximate surface area is 202 Å². The Kier molecular flexibility index (Phi) is 19.7. The minimum Gasteiger partial charge on any atom is -0.353 e. The number of aryl methyl sites for hydroxylation is 2. The molecule has 0 N–H and O–H groups in total. The maximum Gasteiger partial charge on any atom is 0.154 e. The minimum atomic E-state index is -0.0370. The van der Waals surface area contributed by atoms with Gasteiger partial charge >= 0.3 is 0 Å². The van der Waals surface area contributed by atoms with E-state index in [1.165, 1.54) is 16.7 Å². The van der Waals surface area contributed by atoms with Crippen LogP contribution in [-0.2, 0) is 27.1 Å². The van der Waals surface area contributed by atoms with E-state index in [4.69, 9.17) is 9.47 Å². The first-order valence-electron chi connectivity index (χ1n) is 12.0. The molecule has 0 saturated carbocycles. The zero-order valence-corrected chi connectivity index (χ0v) is 21.6. The van der Waals surface area contributed by atoms with Gasteiger partial charge in [0.15, 0.2) is 6.29 Å². The minimum absolute atomic E-state index is 0.0370. The molecule has 0 radical (unpaired) electrons. The predicted octanol–water partition coefficient (Wildman–Crippen LogP) is 7.76. The number of rotatable bonds is 11. The maximum absolute atomic E-state index is 10.0. The summed E-state index contributed by atoms with van der Waals surface area (Å²) in [5, 5.41) is 0. The molecule has 0 heterocycles. The van der Waals surface area contributed by atoms with Crippen molar-refractivity contribution in [1.29, 1.82) is 0 Å². The van der Waals surface area contributed by atoms with E-state index in [0.29, 0.717) is 0 Å². The van der Waals surface area contributed by atoms with Gasteiger partial charge in [0.05, 0.1) is 0 Å². The van der Waals surface area contributed by atoms with Crippen LogP contribution in [0.25, 0.3) is 0 Å². The van der Waals surface area contributed by atoms with Crippen molar-refractivity contribution in [3.63, 3.8) is 0 Å². The molecule has 0 spiro atoms. The predicted molar refractivity (Wildman–Crippen MR) is 141 cm³/mol. The van der Waals surface area contributed by atoms with Crippen LogP contribution in [0.15, 0.2) is 84.0 Å². The Balaban J connectivity index is 0.000000488. The van der Waals surface area contributed by atoms with E-state index in [1.54, 1.807) is 6.08 Å². The fourth-order valence-corrected chi connectivity index (χ4v) is 2.88. The summed E-state index contributed by atoms with van der Waals surface area (Å²) in [5.74, 6) is 0. The van der Waals surface area contributed by atoms with E-state index in [-0.39, 0.29) is 6.29 Å². The molecule has 0 unspecified atom stereocenters. The van der Waals surface area contributed by atoms with Crippen molar-refractivity contribution in [1.82, 2.24) is 0 Å². The molecule has 0 saturated heterocycles. The van der Waals surface area contributed by atoms with Crippen molar-refractivity contribution in [2.45, 2.75) is 73.5 Å². The van der Waals surface area contributed by atoms with Crippen LogP contribution in [0.4, 0.5) is 0 Å². The molecule has 2 aromatic carbocycles. The molecule has 0 fully saturated rings. The molecular formula is C30H44O3. The van der Waals surface area contributed by atoms with Gasteiger partial charge in [-0.05, 0) is 84.4 Å². The number of ether oxygens (including phenoxy) is 2. The highest BCUT2D eigenvalue weighted by molar-refractivity contribution is 5.65. The third-order valence-corrected chi connectivity index (χ3v) is 4.63. The molecule has 2 rings (SSSR count). The average molecular weight is 453 g/mol. The van der Waals surface area contributed by atoms with E-state index in [9.17, 15) is 4.79 Å². The van der Waals surface area contributed by atoms with Gasteiger partial charge in [-0.15, -0.1) is 0 Å². The summed E-state index contributed by atoms with van der Waals surface area (Å²) < 4.78 is 10.1. The summed E-state index contributed by atoms with van der Waals surface area (Å²) in [6.07, 6.45) is 8.90. The van der Waals surface area contributed by atoms with Crippen LogP contribution in [0.2, 0.25) is 0 Å². The van der Waals surface area contributed by atoms with Gasteiger partial charge in [-0.25, -0.2) is 0 Å². The average Bonchev–Trinajstić information content (AvgIpc) is 2.80. The Morgan fingerprint density at radius 3 is 1.64 bits per heavy atom. The largest absolute Gasteiger partial charge is 0.353 e. The Hall–Kier alpha value is -2.49. The lowest BCUT2D eigenvalue weighted by atomic mass is 10.0. The first-order valence-corrected chi connectivity index (χ1v) is 12.0. The van der Waals surface area contributed by atoms with Gasteiger partial charge < -0.3 is 9.47 Å². The molecule has 182 valence electrons. The van der Waals surface area contributed by atoms with Gasteiger partial charge in [-0.2, -0.15) is 0 Å². The number of hydrogen-bond acceptors (Lipinski definition) is 3. The van der Waals surface area contributed by atoms with E-state index >= 15 is 0 Å². The Morgan fingerprint density at radius 2 is 1.27 bits per heavy atom. The molecule has 3 nitrogen and oxygen atoms in total. The summed E-state index contributed by atoms with van der Waals surface area (Å²) in [6, 6.07) is 21.2. The number of carbonyl (C=O) groups is 1.